The van der Waals surface area contributed by atoms with E-state index in [-0.39, 0.29) is 11.8 Å². The molecule has 1 heterocycles. The van der Waals surface area contributed by atoms with Crippen LogP contribution in [0.2, 0.25) is 0 Å². The van der Waals surface area contributed by atoms with E-state index < -0.39 is 11.8 Å². The second-order valence-electron chi connectivity index (χ2n) is 8.78. The van der Waals surface area contributed by atoms with Crippen molar-refractivity contribution in [3.05, 3.63) is 120 Å². The van der Waals surface area contributed by atoms with Crippen LogP contribution in [0.4, 0.5) is 10.1 Å². The van der Waals surface area contributed by atoms with E-state index in [0.717, 1.165) is 11.1 Å². The lowest BCUT2D eigenvalue weighted by atomic mass is 10.00. The smallest absolute Gasteiger partial charge is 0.309 e. The third-order valence-electron chi connectivity index (χ3n) is 5.90. The number of aromatic nitrogens is 2. The Morgan fingerprint density at radius 1 is 0.842 bits per heavy atom. The first-order valence-electron chi connectivity index (χ1n) is 12.0. The summed E-state index contributed by atoms with van der Waals surface area (Å²) in [5.41, 5.74) is 5.24. The van der Waals surface area contributed by atoms with Crippen LogP contribution in [0.25, 0.3) is 28.1 Å². The van der Waals surface area contributed by atoms with E-state index in [0.29, 0.717) is 33.8 Å². The van der Waals surface area contributed by atoms with Gasteiger partial charge in [-0.1, -0.05) is 60.2 Å². The molecule has 1 N–H and O–H groups in total. The third kappa shape index (κ3) is 5.22. The van der Waals surface area contributed by atoms with Crippen LogP contribution in [-0.4, -0.2) is 21.7 Å². The molecule has 38 heavy (non-hydrogen) atoms. The van der Waals surface area contributed by atoms with Crippen molar-refractivity contribution >= 4 is 17.6 Å². The van der Waals surface area contributed by atoms with E-state index in [2.05, 4.69) is 5.32 Å². The monoisotopic (exact) mass is 505 g/mol. The summed E-state index contributed by atoms with van der Waals surface area (Å²) in [6, 6.07) is 29.8. The standard InChI is InChI=1S/C31H24FN3O3/c1-20-8-6-11-24(18-20)29-28(31(38-21(2)36)35(34-29)27-13-7-12-25(32)19-27)22-14-16-26(17-15-22)33-30(37)23-9-4-3-5-10-23/h3-19H,1-2H3,(H,33,37). The number of anilines is 1. The van der Waals surface area contributed by atoms with Crippen molar-refractivity contribution in [3.8, 4) is 34.0 Å². The van der Waals surface area contributed by atoms with Crippen LogP contribution in [0, 0.1) is 12.7 Å². The maximum Gasteiger partial charge on any atom is 0.309 e. The minimum atomic E-state index is -0.536. The van der Waals surface area contributed by atoms with Crippen LogP contribution >= 0.6 is 0 Å². The molecule has 1 aromatic heterocycles. The Hall–Kier alpha value is -5.04. The first-order chi connectivity index (χ1) is 18.4. The topological polar surface area (TPSA) is 73.2 Å². The molecule has 0 saturated carbocycles. The molecule has 0 spiro atoms. The lowest BCUT2D eigenvalue weighted by molar-refractivity contribution is -0.132. The Kier molecular flexibility index (Phi) is 6.82. The summed E-state index contributed by atoms with van der Waals surface area (Å²) in [6.07, 6.45) is 0. The summed E-state index contributed by atoms with van der Waals surface area (Å²) >= 11 is 0. The number of halogens is 1. The predicted octanol–water partition coefficient (Wildman–Crippen LogP) is 6.83. The highest BCUT2D eigenvalue weighted by Gasteiger charge is 2.25. The fourth-order valence-corrected chi connectivity index (χ4v) is 4.18. The number of nitrogens with one attached hydrogen (secondary N) is 1. The molecule has 0 aliphatic heterocycles. The minimum Gasteiger partial charge on any atom is -0.407 e. The summed E-state index contributed by atoms with van der Waals surface area (Å²) in [4.78, 5) is 24.8. The van der Waals surface area contributed by atoms with E-state index in [1.807, 2.05) is 49.4 Å². The average Bonchev–Trinajstić information content (AvgIpc) is 3.28. The molecule has 1 amide bonds. The van der Waals surface area contributed by atoms with Gasteiger partial charge in [0.05, 0.1) is 11.3 Å². The third-order valence-corrected chi connectivity index (χ3v) is 5.90. The normalized spacial score (nSPS) is 10.7. The van der Waals surface area contributed by atoms with Gasteiger partial charge < -0.3 is 10.1 Å². The highest BCUT2D eigenvalue weighted by Crippen LogP contribution is 2.41. The number of nitrogens with zero attached hydrogens (tertiary/aromatic N) is 2. The predicted molar refractivity (Wildman–Crippen MR) is 145 cm³/mol. The fourth-order valence-electron chi connectivity index (χ4n) is 4.18. The minimum absolute atomic E-state index is 0.167. The van der Waals surface area contributed by atoms with E-state index >= 15 is 0 Å². The molecule has 5 aromatic rings. The highest BCUT2D eigenvalue weighted by molar-refractivity contribution is 6.04. The van der Waals surface area contributed by atoms with Crippen molar-refractivity contribution in [2.24, 2.45) is 0 Å². The largest absolute Gasteiger partial charge is 0.407 e. The van der Waals surface area contributed by atoms with E-state index in [1.54, 1.807) is 48.5 Å². The first-order valence-corrected chi connectivity index (χ1v) is 12.0. The summed E-state index contributed by atoms with van der Waals surface area (Å²) in [6.45, 7) is 3.28. The molecule has 4 aromatic carbocycles. The van der Waals surface area contributed by atoms with Crippen molar-refractivity contribution < 1.29 is 18.7 Å². The number of amides is 1. The van der Waals surface area contributed by atoms with Crippen LogP contribution in [0.3, 0.4) is 0 Å². The Balaban J connectivity index is 1.63. The number of esters is 1. The van der Waals surface area contributed by atoms with Crippen LogP contribution in [0.5, 0.6) is 5.88 Å². The van der Waals surface area contributed by atoms with Gasteiger partial charge in [-0.15, -0.1) is 0 Å². The Morgan fingerprint density at radius 3 is 2.26 bits per heavy atom. The number of rotatable bonds is 6. The van der Waals surface area contributed by atoms with Crippen LogP contribution in [-0.2, 0) is 4.79 Å². The number of hydrogen-bond acceptors (Lipinski definition) is 4. The second-order valence-corrected chi connectivity index (χ2v) is 8.78. The number of aryl methyl sites for hydroxylation is 1. The molecule has 0 atom stereocenters. The molecule has 6 nitrogen and oxygen atoms in total. The highest BCUT2D eigenvalue weighted by atomic mass is 19.1. The number of hydrogen-bond donors (Lipinski definition) is 1. The lowest BCUT2D eigenvalue weighted by Gasteiger charge is -2.11. The van der Waals surface area contributed by atoms with Gasteiger partial charge in [0.1, 0.15) is 11.5 Å². The van der Waals surface area contributed by atoms with Gasteiger partial charge in [-0.05, 0) is 61.0 Å². The number of carbonyl (C=O) groups excluding carboxylic acids is 2. The van der Waals surface area contributed by atoms with Crippen molar-refractivity contribution in [1.82, 2.24) is 9.78 Å². The Morgan fingerprint density at radius 2 is 1.58 bits per heavy atom. The molecular formula is C31H24FN3O3. The molecule has 0 unspecified atom stereocenters. The molecule has 0 saturated heterocycles. The van der Waals surface area contributed by atoms with Crippen LogP contribution in [0.15, 0.2) is 103 Å². The number of benzene rings is 4. The second kappa shape index (κ2) is 10.5. The molecule has 0 fully saturated rings. The van der Waals surface area contributed by atoms with E-state index in [4.69, 9.17) is 9.84 Å². The number of carbonyl (C=O) groups is 2. The van der Waals surface area contributed by atoms with Crippen molar-refractivity contribution in [2.75, 3.05) is 5.32 Å². The zero-order valence-electron chi connectivity index (χ0n) is 20.8. The van der Waals surface area contributed by atoms with Crippen LogP contribution in [0.1, 0.15) is 22.8 Å². The average molecular weight is 506 g/mol. The quantitative estimate of drug-likeness (QED) is 0.257. The Bertz CT molecular complexity index is 1630. The number of ether oxygens (including phenoxy) is 1. The van der Waals surface area contributed by atoms with Crippen molar-refractivity contribution in [3.63, 3.8) is 0 Å². The molecule has 5 rings (SSSR count). The Labute approximate surface area is 219 Å². The summed E-state index contributed by atoms with van der Waals surface area (Å²) in [5.74, 6) is -1.03. The van der Waals surface area contributed by atoms with E-state index in [1.165, 1.54) is 23.7 Å². The summed E-state index contributed by atoms with van der Waals surface area (Å²) in [5, 5.41) is 7.66. The molecular weight excluding hydrogens is 481 g/mol. The lowest BCUT2D eigenvalue weighted by Crippen LogP contribution is -2.11. The summed E-state index contributed by atoms with van der Waals surface area (Å²) < 4.78 is 21.3. The van der Waals surface area contributed by atoms with Gasteiger partial charge >= 0.3 is 5.97 Å². The maximum atomic E-state index is 14.1. The van der Waals surface area contributed by atoms with Gasteiger partial charge in [0.2, 0.25) is 5.88 Å². The maximum absolute atomic E-state index is 14.1. The SMILES string of the molecule is CC(=O)Oc1c(-c2ccc(NC(=O)c3ccccc3)cc2)c(-c2cccc(C)c2)nn1-c1cccc(F)c1. The molecule has 0 aliphatic carbocycles. The molecule has 0 bridgehead atoms. The first kappa shape index (κ1) is 24.6. The zero-order valence-corrected chi connectivity index (χ0v) is 20.8. The molecule has 0 aliphatic rings. The van der Waals surface area contributed by atoms with Gasteiger partial charge in [-0.3, -0.25) is 9.59 Å². The van der Waals surface area contributed by atoms with Gasteiger partial charge in [0, 0.05) is 23.7 Å². The summed E-state index contributed by atoms with van der Waals surface area (Å²) in [7, 11) is 0. The van der Waals surface area contributed by atoms with Gasteiger partial charge in [0.25, 0.3) is 5.91 Å². The van der Waals surface area contributed by atoms with E-state index in [9.17, 15) is 14.0 Å². The molecule has 188 valence electrons. The van der Waals surface area contributed by atoms with Crippen molar-refractivity contribution in [2.45, 2.75) is 13.8 Å². The fraction of sp³-hybridized carbons (Fsp3) is 0.0645. The van der Waals surface area contributed by atoms with Gasteiger partial charge in [-0.2, -0.15) is 9.78 Å². The van der Waals surface area contributed by atoms with Gasteiger partial charge in [-0.25, -0.2) is 4.39 Å². The van der Waals surface area contributed by atoms with Crippen LogP contribution < -0.4 is 10.1 Å². The van der Waals surface area contributed by atoms with Gasteiger partial charge in [0.15, 0.2) is 0 Å². The molecule has 7 heteroatoms. The zero-order chi connectivity index (χ0) is 26.6. The molecule has 0 radical (unpaired) electrons. The van der Waals surface area contributed by atoms with Crippen molar-refractivity contribution in [1.29, 1.82) is 0 Å².